The van der Waals surface area contributed by atoms with Crippen molar-refractivity contribution in [3.8, 4) is 11.1 Å². The van der Waals surface area contributed by atoms with Gasteiger partial charge in [-0.1, -0.05) is 52.0 Å². The van der Waals surface area contributed by atoms with Gasteiger partial charge >= 0.3 is 6.09 Å². The Labute approximate surface area is 154 Å². The number of fused-ring (bicyclic) bond motifs is 1. The highest BCUT2D eigenvalue weighted by Crippen LogP contribution is 2.46. The van der Waals surface area contributed by atoms with Crippen molar-refractivity contribution < 1.29 is 14.3 Å². The highest BCUT2D eigenvalue weighted by Gasteiger charge is 2.40. The number of halogens is 1. The summed E-state index contributed by atoms with van der Waals surface area (Å²) in [5, 5.41) is 11.7. The maximum Gasteiger partial charge on any atom is 0.405 e. The molecule has 1 amide bonds. The van der Waals surface area contributed by atoms with Gasteiger partial charge in [0.25, 0.3) is 0 Å². The molecule has 2 aromatic rings. The van der Waals surface area contributed by atoms with Gasteiger partial charge in [0, 0.05) is 5.56 Å². The van der Waals surface area contributed by atoms with Crippen LogP contribution in [-0.4, -0.2) is 11.2 Å². The Balaban J connectivity index is 2.02. The third kappa shape index (κ3) is 3.59. The largest absolute Gasteiger partial charge is 0.465 e. The molecule has 0 saturated heterocycles. The van der Waals surface area contributed by atoms with Crippen LogP contribution >= 0.6 is 0 Å². The zero-order chi connectivity index (χ0) is 19.1. The monoisotopic (exact) mass is 355 g/mol. The van der Waals surface area contributed by atoms with Crippen LogP contribution in [0.15, 0.2) is 36.4 Å². The van der Waals surface area contributed by atoms with E-state index in [1.54, 1.807) is 0 Å². The van der Waals surface area contributed by atoms with Gasteiger partial charge in [0.2, 0.25) is 0 Å². The molecule has 0 radical (unpaired) electrons. The summed E-state index contributed by atoms with van der Waals surface area (Å²) in [6.07, 6.45) is 0.589. The molecule has 3 nitrogen and oxygen atoms in total. The average Bonchev–Trinajstić information content (AvgIpc) is 2.76. The molecule has 0 unspecified atom stereocenters. The minimum Gasteiger partial charge on any atom is -0.465 e. The smallest absolute Gasteiger partial charge is 0.405 e. The van der Waals surface area contributed by atoms with Crippen LogP contribution in [0.25, 0.3) is 11.1 Å². The molecule has 0 saturated carbocycles. The van der Waals surface area contributed by atoms with E-state index in [0.29, 0.717) is 17.9 Å². The summed E-state index contributed by atoms with van der Waals surface area (Å²) >= 11 is 0. The Hall–Kier alpha value is -2.36. The van der Waals surface area contributed by atoms with Gasteiger partial charge in [0.1, 0.15) is 5.82 Å². The van der Waals surface area contributed by atoms with Gasteiger partial charge in [0.15, 0.2) is 0 Å². The molecule has 4 heteroatoms. The number of hydrogen-bond donors (Lipinski definition) is 2. The maximum absolute atomic E-state index is 14.9. The van der Waals surface area contributed by atoms with Crippen LogP contribution in [0, 0.1) is 17.2 Å². The number of rotatable bonds is 4. The lowest BCUT2D eigenvalue weighted by atomic mass is 9.85. The molecule has 1 atom stereocenters. The molecule has 1 aliphatic carbocycles. The summed E-state index contributed by atoms with van der Waals surface area (Å²) in [6, 6.07) is 11.0. The lowest BCUT2D eigenvalue weighted by molar-refractivity contribution is 0.175. The van der Waals surface area contributed by atoms with Gasteiger partial charge < -0.3 is 10.4 Å². The van der Waals surface area contributed by atoms with Crippen molar-refractivity contribution in [2.24, 2.45) is 11.3 Å². The summed E-state index contributed by atoms with van der Waals surface area (Å²) in [6.45, 7) is 8.35. The Morgan fingerprint density at radius 1 is 1.31 bits per heavy atom. The fourth-order valence-electron chi connectivity index (χ4n) is 4.02. The average molecular weight is 355 g/mol. The second kappa shape index (κ2) is 6.75. The molecular weight excluding hydrogens is 329 g/mol. The van der Waals surface area contributed by atoms with Crippen molar-refractivity contribution in [2.75, 3.05) is 0 Å². The van der Waals surface area contributed by atoms with Gasteiger partial charge in [-0.15, -0.1) is 0 Å². The van der Waals surface area contributed by atoms with Crippen LogP contribution in [0.3, 0.4) is 0 Å². The third-order valence-corrected chi connectivity index (χ3v) is 5.12. The Morgan fingerprint density at radius 2 is 2.04 bits per heavy atom. The first-order valence-electron chi connectivity index (χ1n) is 9.08. The van der Waals surface area contributed by atoms with E-state index in [2.05, 4.69) is 31.3 Å². The predicted octanol–water partition coefficient (Wildman–Crippen LogP) is 5.58. The van der Waals surface area contributed by atoms with Crippen molar-refractivity contribution in [1.29, 1.82) is 0 Å². The molecule has 2 N–H and O–H groups in total. The Kier molecular flexibility index (Phi) is 4.78. The predicted molar refractivity (Wildman–Crippen MR) is 102 cm³/mol. The Morgan fingerprint density at radius 3 is 2.69 bits per heavy atom. The molecule has 26 heavy (non-hydrogen) atoms. The van der Waals surface area contributed by atoms with E-state index in [1.807, 2.05) is 32.0 Å². The number of hydrogen-bond acceptors (Lipinski definition) is 1. The molecule has 0 aromatic heterocycles. The lowest BCUT2D eigenvalue weighted by Gasteiger charge is -2.27. The fourth-order valence-corrected chi connectivity index (χ4v) is 4.02. The summed E-state index contributed by atoms with van der Waals surface area (Å²) in [7, 11) is 0. The number of nitrogens with one attached hydrogen (secondary N) is 1. The summed E-state index contributed by atoms with van der Waals surface area (Å²) in [4.78, 5) is 11.1. The normalized spacial score (nSPS) is 18.0. The second-order valence-electron chi connectivity index (χ2n) is 8.38. The highest BCUT2D eigenvalue weighted by atomic mass is 19.1. The fraction of sp³-hybridized carbons (Fsp3) is 0.409. The standard InChI is InChI=1S/C22H26FNO2/c1-13(2)8-14-6-5-7-15(9-14)17-10-16-12-22(3,4)20(24-21(25)26)18(16)11-19(17)23/h5-7,9-11,13,20,24H,8,12H2,1-4H3,(H,25,26)/t20-/m0/s1. The van der Waals surface area contributed by atoms with Gasteiger partial charge in [-0.05, 0) is 58.6 Å². The molecule has 0 heterocycles. The van der Waals surface area contributed by atoms with E-state index >= 15 is 0 Å². The van der Waals surface area contributed by atoms with Crippen molar-refractivity contribution in [2.45, 2.75) is 46.6 Å². The van der Waals surface area contributed by atoms with E-state index in [4.69, 9.17) is 5.11 Å². The van der Waals surface area contributed by atoms with Crippen molar-refractivity contribution in [3.05, 3.63) is 58.9 Å². The van der Waals surface area contributed by atoms with Gasteiger partial charge in [0.05, 0.1) is 6.04 Å². The number of carbonyl (C=O) groups is 1. The molecule has 1 aliphatic rings. The van der Waals surface area contributed by atoms with E-state index < -0.39 is 12.1 Å². The molecule has 0 fully saturated rings. The molecular formula is C22H26FNO2. The van der Waals surface area contributed by atoms with Crippen molar-refractivity contribution in [3.63, 3.8) is 0 Å². The first-order valence-corrected chi connectivity index (χ1v) is 9.08. The minimum absolute atomic E-state index is 0.286. The van der Waals surface area contributed by atoms with Crippen LogP contribution in [0.2, 0.25) is 0 Å². The van der Waals surface area contributed by atoms with Crippen molar-refractivity contribution in [1.82, 2.24) is 5.32 Å². The topological polar surface area (TPSA) is 49.3 Å². The van der Waals surface area contributed by atoms with E-state index in [-0.39, 0.29) is 11.2 Å². The van der Waals surface area contributed by atoms with Crippen molar-refractivity contribution >= 4 is 6.09 Å². The quantitative estimate of drug-likeness (QED) is 0.752. The summed E-state index contributed by atoms with van der Waals surface area (Å²) < 4.78 is 14.9. The lowest BCUT2D eigenvalue weighted by Crippen LogP contribution is -2.34. The van der Waals surface area contributed by atoms with Crippen LogP contribution in [0.1, 0.15) is 50.4 Å². The van der Waals surface area contributed by atoms with Crippen LogP contribution in [0.4, 0.5) is 9.18 Å². The minimum atomic E-state index is -1.08. The number of carboxylic acid groups (broad SMARTS) is 1. The maximum atomic E-state index is 14.9. The molecule has 0 spiro atoms. The number of benzene rings is 2. The second-order valence-corrected chi connectivity index (χ2v) is 8.38. The zero-order valence-corrected chi connectivity index (χ0v) is 15.8. The highest BCUT2D eigenvalue weighted by molar-refractivity contribution is 5.69. The SMILES string of the molecule is CC(C)Cc1cccc(-c2cc3c(cc2F)[C@H](NC(=O)O)C(C)(C)C3)c1. The Bertz CT molecular complexity index is 842. The first-order chi connectivity index (χ1) is 12.2. The first kappa shape index (κ1) is 18.4. The number of amides is 1. The van der Waals surface area contributed by atoms with Crippen LogP contribution in [-0.2, 0) is 12.8 Å². The van der Waals surface area contributed by atoms with Crippen LogP contribution < -0.4 is 5.32 Å². The summed E-state index contributed by atoms with van der Waals surface area (Å²) in [5.74, 6) is 0.235. The van der Waals surface area contributed by atoms with E-state index in [1.165, 1.54) is 11.6 Å². The molecule has 3 rings (SSSR count). The molecule has 138 valence electrons. The molecule has 2 aromatic carbocycles. The van der Waals surface area contributed by atoms with E-state index in [9.17, 15) is 9.18 Å². The molecule has 0 bridgehead atoms. The zero-order valence-electron chi connectivity index (χ0n) is 15.8. The van der Waals surface area contributed by atoms with Gasteiger partial charge in [-0.3, -0.25) is 0 Å². The van der Waals surface area contributed by atoms with Gasteiger partial charge in [-0.25, -0.2) is 9.18 Å². The van der Waals surface area contributed by atoms with E-state index in [0.717, 1.165) is 23.1 Å². The van der Waals surface area contributed by atoms with Gasteiger partial charge in [-0.2, -0.15) is 0 Å². The summed E-state index contributed by atoms with van der Waals surface area (Å²) in [5.41, 5.74) is 4.13. The van der Waals surface area contributed by atoms with Crippen LogP contribution in [0.5, 0.6) is 0 Å². The molecule has 0 aliphatic heterocycles. The third-order valence-electron chi connectivity index (χ3n) is 5.12.